The average molecular weight is 302 g/mol. The monoisotopic (exact) mass is 301 g/mol. The van der Waals surface area contributed by atoms with Crippen LogP contribution in [-0.4, -0.2) is 24.2 Å². The SMILES string of the molecule is NC(COc1ccccc1Br)C1CCSC1. The van der Waals surface area contributed by atoms with E-state index in [-0.39, 0.29) is 6.04 Å². The Labute approximate surface area is 109 Å². The van der Waals surface area contributed by atoms with Gasteiger partial charge in [-0.3, -0.25) is 0 Å². The van der Waals surface area contributed by atoms with Crippen molar-refractivity contribution in [1.29, 1.82) is 0 Å². The molecule has 0 saturated carbocycles. The quantitative estimate of drug-likeness (QED) is 0.929. The van der Waals surface area contributed by atoms with Gasteiger partial charge in [0, 0.05) is 6.04 Å². The molecule has 1 aromatic rings. The molecule has 0 radical (unpaired) electrons. The molecule has 1 heterocycles. The van der Waals surface area contributed by atoms with Gasteiger partial charge in [0.05, 0.1) is 4.47 Å². The summed E-state index contributed by atoms with van der Waals surface area (Å²) >= 11 is 5.45. The van der Waals surface area contributed by atoms with Crippen LogP contribution in [0, 0.1) is 5.92 Å². The third-order valence-electron chi connectivity index (χ3n) is 2.84. The number of hydrogen-bond donors (Lipinski definition) is 1. The van der Waals surface area contributed by atoms with Crippen molar-refractivity contribution in [2.75, 3.05) is 18.1 Å². The van der Waals surface area contributed by atoms with Crippen molar-refractivity contribution >= 4 is 27.7 Å². The highest BCUT2D eigenvalue weighted by Crippen LogP contribution is 2.27. The molecule has 1 saturated heterocycles. The van der Waals surface area contributed by atoms with E-state index in [2.05, 4.69) is 15.9 Å². The van der Waals surface area contributed by atoms with E-state index in [1.165, 1.54) is 17.9 Å². The Morgan fingerprint density at radius 3 is 3.00 bits per heavy atom. The third-order valence-corrected chi connectivity index (χ3v) is 4.68. The van der Waals surface area contributed by atoms with E-state index in [0.29, 0.717) is 12.5 Å². The van der Waals surface area contributed by atoms with Gasteiger partial charge in [-0.1, -0.05) is 12.1 Å². The van der Waals surface area contributed by atoms with E-state index in [9.17, 15) is 0 Å². The predicted octanol–water partition coefficient (Wildman–Crippen LogP) is 2.91. The Balaban J connectivity index is 1.84. The zero-order valence-electron chi connectivity index (χ0n) is 9.06. The number of hydrogen-bond acceptors (Lipinski definition) is 3. The van der Waals surface area contributed by atoms with Gasteiger partial charge in [0.15, 0.2) is 0 Å². The normalized spacial score (nSPS) is 22.0. The van der Waals surface area contributed by atoms with Crippen molar-refractivity contribution in [3.05, 3.63) is 28.7 Å². The summed E-state index contributed by atoms with van der Waals surface area (Å²) in [5.74, 6) is 3.92. The maximum Gasteiger partial charge on any atom is 0.133 e. The minimum absolute atomic E-state index is 0.155. The number of benzene rings is 1. The van der Waals surface area contributed by atoms with E-state index in [1.54, 1.807) is 0 Å². The molecule has 4 heteroatoms. The molecule has 88 valence electrons. The largest absolute Gasteiger partial charge is 0.491 e. The minimum Gasteiger partial charge on any atom is -0.491 e. The lowest BCUT2D eigenvalue weighted by Crippen LogP contribution is -2.36. The zero-order valence-corrected chi connectivity index (χ0v) is 11.5. The summed E-state index contributed by atoms with van der Waals surface area (Å²) in [5, 5.41) is 0. The molecule has 0 aliphatic carbocycles. The van der Waals surface area contributed by atoms with Gasteiger partial charge in [0.1, 0.15) is 12.4 Å². The van der Waals surface area contributed by atoms with E-state index < -0.39 is 0 Å². The maximum absolute atomic E-state index is 6.12. The number of rotatable bonds is 4. The van der Waals surface area contributed by atoms with Gasteiger partial charge in [-0.25, -0.2) is 0 Å². The van der Waals surface area contributed by atoms with Crippen LogP contribution in [0.5, 0.6) is 5.75 Å². The summed E-state index contributed by atoms with van der Waals surface area (Å²) in [6, 6.07) is 8.04. The molecule has 2 unspecified atom stereocenters. The van der Waals surface area contributed by atoms with Gasteiger partial charge in [-0.05, 0) is 51.9 Å². The van der Waals surface area contributed by atoms with Gasteiger partial charge in [0.2, 0.25) is 0 Å². The lowest BCUT2D eigenvalue weighted by Gasteiger charge is -2.19. The second kappa shape index (κ2) is 5.94. The molecule has 0 spiro atoms. The van der Waals surface area contributed by atoms with E-state index >= 15 is 0 Å². The van der Waals surface area contributed by atoms with Crippen LogP contribution in [0.25, 0.3) is 0 Å². The molecule has 0 bridgehead atoms. The van der Waals surface area contributed by atoms with E-state index in [1.807, 2.05) is 36.0 Å². The fourth-order valence-corrected chi connectivity index (χ4v) is 3.53. The molecule has 2 N–H and O–H groups in total. The Kier molecular flexibility index (Phi) is 4.55. The minimum atomic E-state index is 0.155. The van der Waals surface area contributed by atoms with Crippen LogP contribution in [0.15, 0.2) is 28.7 Å². The first-order valence-corrected chi connectivity index (χ1v) is 7.43. The molecule has 1 aromatic carbocycles. The molecular formula is C12H16BrNOS. The fourth-order valence-electron chi connectivity index (χ4n) is 1.77. The topological polar surface area (TPSA) is 35.2 Å². The Hall–Kier alpha value is -0.190. The van der Waals surface area contributed by atoms with Gasteiger partial charge >= 0.3 is 0 Å². The van der Waals surface area contributed by atoms with Crippen LogP contribution >= 0.6 is 27.7 Å². The Morgan fingerprint density at radius 1 is 1.50 bits per heavy atom. The number of nitrogens with two attached hydrogens (primary N) is 1. The lowest BCUT2D eigenvalue weighted by molar-refractivity contribution is 0.253. The highest BCUT2D eigenvalue weighted by atomic mass is 79.9. The van der Waals surface area contributed by atoms with E-state index in [4.69, 9.17) is 10.5 Å². The van der Waals surface area contributed by atoms with E-state index in [0.717, 1.165) is 10.2 Å². The van der Waals surface area contributed by atoms with Crippen LogP contribution in [-0.2, 0) is 0 Å². The highest BCUT2D eigenvalue weighted by Gasteiger charge is 2.22. The number of thioether (sulfide) groups is 1. The summed E-state index contributed by atoms with van der Waals surface area (Å²) in [5.41, 5.74) is 6.12. The molecule has 1 aliphatic rings. The summed E-state index contributed by atoms with van der Waals surface area (Å²) in [6.45, 7) is 0.605. The molecule has 16 heavy (non-hydrogen) atoms. The summed E-state index contributed by atoms with van der Waals surface area (Å²) in [6.07, 6.45) is 1.23. The number of ether oxygens (including phenoxy) is 1. The third kappa shape index (κ3) is 3.15. The van der Waals surface area contributed by atoms with Crippen molar-refractivity contribution in [3.63, 3.8) is 0 Å². The molecule has 1 aliphatic heterocycles. The van der Waals surface area contributed by atoms with Crippen LogP contribution in [0.4, 0.5) is 0 Å². The van der Waals surface area contributed by atoms with Gasteiger partial charge in [0.25, 0.3) is 0 Å². The second-order valence-electron chi connectivity index (χ2n) is 4.03. The second-order valence-corrected chi connectivity index (χ2v) is 6.03. The predicted molar refractivity (Wildman–Crippen MR) is 73.0 cm³/mol. The number of halogens is 1. The number of para-hydroxylation sites is 1. The molecule has 2 nitrogen and oxygen atoms in total. The van der Waals surface area contributed by atoms with Crippen LogP contribution in [0.1, 0.15) is 6.42 Å². The van der Waals surface area contributed by atoms with Gasteiger partial charge < -0.3 is 10.5 Å². The Morgan fingerprint density at radius 2 is 2.31 bits per heavy atom. The highest BCUT2D eigenvalue weighted by molar-refractivity contribution is 9.10. The lowest BCUT2D eigenvalue weighted by atomic mass is 10.0. The van der Waals surface area contributed by atoms with Crippen molar-refractivity contribution < 1.29 is 4.74 Å². The molecule has 0 aromatic heterocycles. The molecular weight excluding hydrogens is 286 g/mol. The smallest absolute Gasteiger partial charge is 0.133 e. The average Bonchev–Trinajstić information content (AvgIpc) is 2.81. The molecule has 0 amide bonds. The summed E-state index contributed by atoms with van der Waals surface area (Å²) in [4.78, 5) is 0. The van der Waals surface area contributed by atoms with Crippen LogP contribution in [0.2, 0.25) is 0 Å². The molecule has 1 fully saturated rings. The van der Waals surface area contributed by atoms with Crippen molar-refractivity contribution in [3.8, 4) is 5.75 Å². The summed E-state index contributed by atoms with van der Waals surface area (Å²) < 4.78 is 6.72. The molecule has 2 atom stereocenters. The van der Waals surface area contributed by atoms with Crippen molar-refractivity contribution in [2.45, 2.75) is 12.5 Å². The fraction of sp³-hybridized carbons (Fsp3) is 0.500. The van der Waals surface area contributed by atoms with Gasteiger partial charge in [-0.15, -0.1) is 0 Å². The standard InChI is InChI=1S/C12H16BrNOS/c13-10-3-1-2-4-12(10)15-7-11(14)9-5-6-16-8-9/h1-4,9,11H,5-8,14H2. The maximum atomic E-state index is 6.12. The molecule has 2 rings (SSSR count). The first-order chi connectivity index (χ1) is 7.77. The van der Waals surface area contributed by atoms with Crippen molar-refractivity contribution in [2.24, 2.45) is 11.7 Å². The van der Waals surface area contributed by atoms with Crippen molar-refractivity contribution in [1.82, 2.24) is 0 Å². The summed E-state index contributed by atoms with van der Waals surface area (Å²) in [7, 11) is 0. The van der Waals surface area contributed by atoms with Crippen LogP contribution < -0.4 is 10.5 Å². The first-order valence-electron chi connectivity index (χ1n) is 5.48. The zero-order chi connectivity index (χ0) is 11.4. The van der Waals surface area contributed by atoms with Crippen LogP contribution in [0.3, 0.4) is 0 Å². The Bertz CT molecular complexity index is 342. The first kappa shape index (κ1) is 12.3. The van der Waals surface area contributed by atoms with Gasteiger partial charge in [-0.2, -0.15) is 11.8 Å².